The van der Waals surface area contributed by atoms with Gasteiger partial charge in [0.2, 0.25) is 0 Å². The van der Waals surface area contributed by atoms with Crippen LogP contribution in [0.3, 0.4) is 0 Å². The van der Waals surface area contributed by atoms with Gasteiger partial charge >= 0.3 is 0 Å². The van der Waals surface area contributed by atoms with Crippen LogP contribution in [0.25, 0.3) is 10.9 Å². The van der Waals surface area contributed by atoms with Crippen LogP contribution in [0.15, 0.2) is 12.3 Å². The highest BCUT2D eigenvalue weighted by molar-refractivity contribution is 6.34. The number of hydrogen-bond acceptors (Lipinski definition) is 2. The van der Waals surface area contributed by atoms with Crippen molar-refractivity contribution in [2.45, 2.75) is 46.1 Å². The lowest BCUT2D eigenvalue weighted by atomic mass is 10.1. The molecule has 19 heavy (non-hydrogen) atoms. The first kappa shape index (κ1) is 14.1. The summed E-state index contributed by atoms with van der Waals surface area (Å²) in [5.41, 5.74) is 2.96. The van der Waals surface area contributed by atoms with Gasteiger partial charge in [0.25, 0.3) is 0 Å². The van der Waals surface area contributed by atoms with Gasteiger partial charge in [-0.25, -0.2) is 4.98 Å². The fourth-order valence-electron chi connectivity index (χ4n) is 2.65. The second kappa shape index (κ2) is 5.74. The Morgan fingerprint density at radius 3 is 2.68 bits per heavy atom. The third-order valence-electron chi connectivity index (χ3n) is 3.62. The minimum absolute atomic E-state index is 0.383. The molecule has 0 amide bonds. The Kier molecular flexibility index (Phi) is 4.25. The van der Waals surface area contributed by atoms with E-state index in [0.717, 1.165) is 41.3 Å². The summed E-state index contributed by atoms with van der Waals surface area (Å²) in [7, 11) is 0. The maximum absolute atomic E-state index is 10.8. The lowest BCUT2D eigenvalue weighted by Crippen LogP contribution is -2.05. The molecule has 0 aliphatic heterocycles. The summed E-state index contributed by atoms with van der Waals surface area (Å²) in [6, 6.07) is 2.48. The first-order chi connectivity index (χ1) is 9.12. The van der Waals surface area contributed by atoms with Gasteiger partial charge in [-0.2, -0.15) is 0 Å². The Morgan fingerprint density at radius 1 is 1.42 bits per heavy atom. The molecule has 0 radical (unpaired) electrons. The summed E-state index contributed by atoms with van der Waals surface area (Å²) in [6.07, 6.45) is 5.47. The van der Waals surface area contributed by atoms with Crippen molar-refractivity contribution in [3.63, 3.8) is 0 Å². The number of nitrogens with zero attached hydrogens (tertiary/aromatic N) is 2. The monoisotopic (exact) mass is 278 g/mol. The van der Waals surface area contributed by atoms with Crippen LogP contribution in [-0.2, 0) is 11.2 Å². The summed E-state index contributed by atoms with van der Waals surface area (Å²) in [6.45, 7) is 6.29. The zero-order chi connectivity index (χ0) is 14.0. The summed E-state index contributed by atoms with van der Waals surface area (Å²) in [5.74, 6) is 0. The van der Waals surface area contributed by atoms with E-state index in [4.69, 9.17) is 11.6 Å². The van der Waals surface area contributed by atoms with E-state index in [1.54, 1.807) is 0 Å². The SMILES string of the molecule is CCC(CC)n1cc(CC=O)c2c(Cl)nc(C)cc21. The van der Waals surface area contributed by atoms with Crippen LogP contribution in [0, 0.1) is 6.92 Å². The highest BCUT2D eigenvalue weighted by Gasteiger charge is 2.17. The lowest BCUT2D eigenvalue weighted by molar-refractivity contribution is -0.107. The number of aryl methyl sites for hydroxylation is 1. The highest BCUT2D eigenvalue weighted by Crippen LogP contribution is 2.32. The zero-order valence-corrected chi connectivity index (χ0v) is 12.4. The Labute approximate surface area is 118 Å². The van der Waals surface area contributed by atoms with E-state index in [9.17, 15) is 4.79 Å². The molecule has 3 nitrogen and oxygen atoms in total. The van der Waals surface area contributed by atoms with Crippen molar-refractivity contribution in [2.75, 3.05) is 0 Å². The van der Waals surface area contributed by atoms with Crippen molar-refractivity contribution in [1.82, 2.24) is 9.55 Å². The third-order valence-corrected chi connectivity index (χ3v) is 3.89. The summed E-state index contributed by atoms with van der Waals surface area (Å²) in [4.78, 5) is 15.1. The fraction of sp³-hybridized carbons (Fsp3) is 0.467. The molecule has 0 N–H and O–H groups in total. The number of carbonyl (C=O) groups excluding carboxylic acids is 1. The first-order valence-electron chi connectivity index (χ1n) is 6.72. The van der Waals surface area contributed by atoms with Crippen molar-refractivity contribution in [2.24, 2.45) is 0 Å². The van der Waals surface area contributed by atoms with Gasteiger partial charge in [0.05, 0.1) is 5.52 Å². The number of halogens is 1. The van der Waals surface area contributed by atoms with E-state index < -0.39 is 0 Å². The largest absolute Gasteiger partial charge is 0.344 e. The molecule has 0 spiro atoms. The van der Waals surface area contributed by atoms with Gasteiger partial charge in [-0.1, -0.05) is 25.4 Å². The summed E-state index contributed by atoms with van der Waals surface area (Å²) < 4.78 is 2.24. The minimum Gasteiger partial charge on any atom is -0.344 e. The molecule has 0 aromatic carbocycles. The molecule has 2 aromatic heterocycles. The zero-order valence-electron chi connectivity index (χ0n) is 11.6. The molecular weight excluding hydrogens is 260 g/mol. The normalized spacial score (nSPS) is 11.4. The van der Waals surface area contributed by atoms with Gasteiger partial charge in [0.15, 0.2) is 0 Å². The van der Waals surface area contributed by atoms with Crippen molar-refractivity contribution < 1.29 is 4.79 Å². The topological polar surface area (TPSA) is 34.9 Å². The molecule has 0 fully saturated rings. The number of carbonyl (C=O) groups is 1. The second-order valence-electron chi connectivity index (χ2n) is 4.85. The molecule has 0 atom stereocenters. The van der Waals surface area contributed by atoms with Crippen LogP contribution < -0.4 is 0 Å². The lowest BCUT2D eigenvalue weighted by Gasteiger charge is -2.16. The number of pyridine rings is 1. The fourth-order valence-corrected chi connectivity index (χ4v) is 3.00. The smallest absolute Gasteiger partial charge is 0.138 e. The molecule has 102 valence electrons. The number of hydrogen-bond donors (Lipinski definition) is 0. The van der Waals surface area contributed by atoms with Gasteiger partial charge < -0.3 is 9.36 Å². The number of rotatable bonds is 5. The average Bonchev–Trinajstić information content (AvgIpc) is 2.70. The second-order valence-corrected chi connectivity index (χ2v) is 5.21. The summed E-state index contributed by atoms with van der Waals surface area (Å²) in [5, 5.41) is 1.42. The van der Waals surface area contributed by atoms with Crippen molar-refractivity contribution in [1.29, 1.82) is 0 Å². The number of aromatic nitrogens is 2. The maximum atomic E-state index is 10.8. The van der Waals surface area contributed by atoms with Crippen molar-refractivity contribution in [3.05, 3.63) is 28.7 Å². The van der Waals surface area contributed by atoms with Crippen LogP contribution in [0.4, 0.5) is 0 Å². The van der Waals surface area contributed by atoms with Gasteiger partial charge in [-0.15, -0.1) is 0 Å². The van der Waals surface area contributed by atoms with Crippen LogP contribution in [-0.4, -0.2) is 15.8 Å². The van der Waals surface area contributed by atoms with Gasteiger partial charge in [-0.3, -0.25) is 0 Å². The molecule has 2 rings (SSSR count). The van der Waals surface area contributed by atoms with Gasteiger partial charge in [0, 0.05) is 29.7 Å². The van der Waals surface area contributed by atoms with Crippen LogP contribution in [0.2, 0.25) is 5.15 Å². The summed E-state index contributed by atoms with van der Waals surface area (Å²) >= 11 is 6.27. The van der Waals surface area contributed by atoms with Crippen LogP contribution in [0.5, 0.6) is 0 Å². The standard InChI is InChI=1S/C15H19ClN2O/c1-4-12(5-2)18-9-11(6-7-19)14-13(18)8-10(3)17-15(14)16/h7-9,12H,4-6H2,1-3H3. The molecule has 0 bridgehead atoms. The average molecular weight is 279 g/mol. The van der Waals surface area contributed by atoms with E-state index in [-0.39, 0.29) is 0 Å². The minimum atomic E-state index is 0.383. The Balaban J connectivity index is 2.73. The molecule has 0 unspecified atom stereocenters. The third kappa shape index (κ3) is 2.52. The number of aldehydes is 1. The van der Waals surface area contributed by atoms with Gasteiger partial charge in [-0.05, 0) is 31.4 Å². The molecule has 0 aliphatic carbocycles. The predicted octanol–water partition coefficient (Wildman–Crippen LogP) is 4.10. The predicted molar refractivity (Wildman–Crippen MR) is 78.9 cm³/mol. The Bertz CT molecular complexity index is 600. The van der Waals surface area contributed by atoms with Crippen LogP contribution >= 0.6 is 11.6 Å². The quantitative estimate of drug-likeness (QED) is 0.610. The van der Waals surface area contributed by atoms with E-state index in [1.165, 1.54) is 0 Å². The van der Waals surface area contributed by atoms with Gasteiger partial charge in [0.1, 0.15) is 11.4 Å². The van der Waals surface area contributed by atoms with Crippen molar-refractivity contribution in [3.8, 4) is 0 Å². The Morgan fingerprint density at radius 2 is 2.11 bits per heavy atom. The maximum Gasteiger partial charge on any atom is 0.138 e. The highest BCUT2D eigenvalue weighted by atomic mass is 35.5. The van der Waals surface area contributed by atoms with E-state index in [2.05, 4.69) is 29.6 Å². The van der Waals surface area contributed by atoms with Crippen LogP contribution in [0.1, 0.15) is 44.0 Å². The Hall–Kier alpha value is -1.35. The van der Waals surface area contributed by atoms with E-state index in [0.29, 0.717) is 17.6 Å². The molecular formula is C15H19ClN2O. The van der Waals surface area contributed by atoms with E-state index in [1.807, 2.05) is 13.0 Å². The molecule has 2 aromatic rings. The molecule has 4 heteroatoms. The molecule has 2 heterocycles. The molecule has 0 saturated heterocycles. The van der Waals surface area contributed by atoms with E-state index >= 15 is 0 Å². The molecule has 0 aliphatic rings. The first-order valence-corrected chi connectivity index (χ1v) is 7.10. The number of fused-ring (bicyclic) bond motifs is 1. The van der Waals surface area contributed by atoms with Crippen molar-refractivity contribution >= 4 is 28.8 Å². The molecule has 0 saturated carbocycles.